The molecule has 0 aromatic carbocycles. The van der Waals surface area contributed by atoms with Gasteiger partial charge in [0.15, 0.2) is 0 Å². The van der Waals surface area contributed by atoms with E-state index in [1.165, 1.54) is 12.8 Å². The molecule has 1 aliphatic heterocycles. The summed E-state index contributed by atoms with van der Waals surface area (Å²) >= 11 is 0. The van der Waals surface area contributed by atoms with E-state index < -0.39 is 6.10 Å². The van der Waals surface area contributed by atoms with Crippen LogP contribution in [0.3, 0.4) is 0 Å². The van der Waals surface area contributed by atoms with Gasteiger partial charge >= 0.3 is 0 Å². The van der Waals surface area contributed by atoms with Crippen LogP contribution in [0, 0.1) is 6.92 Å². The van der Waals surface area contributed by atoms with Crippen LogP contribution in [0.5, 0.6) is 0 Å². The first-order valence-corrected chi connectivity index (χ1v) is 8.78. The maximum Gasteiger partial charge on any atom is 0.229 e. The minimum atomic E-state index is -0.620. The Morgan fingerprint density at radius 2 is 2.20 bits per heavy atom. The van der Waals surface area contributed by atoms with Gasteiger partial charge in [0, 0.05) is 25.3 Å². The molecule has 132 valence electrons. The molecule has 3 aromatic rings. The largest absolute Gasteiger partial charge is 0.467 e. The summed E-state index contributed by atoms with van der Waals surface area (Å²) in [5.41, 5.74) is 1.91. The third-order valence-electron chi connectivity index (χ3n) is 4.58. The Morgan fingerprint density at radius 1 is 1.36 bits per heavy atom. The van der Waals surface area contributed by atoms with E-state index in [0.717, 1.165) is 41.6 Å². The van der Waals surface area contributed by atoms with E-state index in [0.29, 0.717) is 18.7 Å². The van der Waals surface area contributed by atoms with Crippen molar-refractivity contribution in [3.8, 4) is 0 Å². The first kappa shape index (κ1) is 16.0. The maximum atomic E-state index is 10.2. The predicted octanol–water partition coefficient (Wildman–Crippen LogP) is 3.00. The van der Waals surface area contributed by atoms with E-state index >= 15 is 0 Å². The van der Waals surface area contributed by atoms with Gasteiger partial charge in [0.1, 0.15) is 23.3 Å². The minimum Gasteiger partial charge on any atom is -0.467 e. The molecule has 1 fully saturated rings. The highest BCUT2D eigenvalue weighted by Gasteiger charge is 2.18. The van der Waals surface area contributed by atoms with Gasteiger partial charge in [-0.25, -0.2) is 0 Å². The van der Waals surface area contributed by atoms with Crippen molar-refractivity contribution in [1.29, 1.82) is 0 Å². The average Bonchev–Trinajstić information content (AvgIpc) is 3.35. The number of H-pyrrole nitrogens is 1. The van der Waals surface area contributed by atoms with Crippen LogP contribution in [-0.4, -0.2) is 39.7 Å². The Hall–Kier alpha value is -2.54. The number of nitrogens with one attached hydrogen (secondary N) is 2. The second kappa shape index (κ2) is 6.76. The molecule has 4 heterocycles. The topological polar surface area (TPSA) is 90.2 Å². The Bertz CT molecular complexity index is 837. The molecule has 0 bridgehead atoms. The molecule has 0 aliphatic carbocycles. The molecule has 25 heavy (non-hydrogen) atoms. The summed E-state index contributed by atoms with van der Waals surface area (Å²) in [6, 6.07) is 5.62. The van der Waals surface area contributed by atoms with Crippen molar-refractivity contribution >= 4 is 22.8 Å². The van der Waals surface area contributed by atoms with Crippen LogP contribution in [-0.2, 0) is 0 Å². The van der Waals surface area contributed by atoms with E-state index in [4.69, 9.17) is 9.40 Å². The quantitative estimate of drug-likeness (QED) is 0.638. The Morgan fingerprint density at radius 3 is 2.96 bits per heavy atom. The number of rotatable bonds is 6. The lowest BCUT2D eigenvalue weighted by Crippen LogP contribution is -2.21. The van der Waals surface area contributed by atoms with Crippen molar-refractivity contribution in [2.24, 2.45) is 0 Å². The number of furan rings is 1. The van der Waals surface area contributed by atoms with E-state index in [2.05, 4.69) is 20.2 Å². The van der Waals surface area contributed by atoms with Crippen LogP contribution >= 0.6 is 0 Å². The van der Waals surface area contributed by atoms with E-state index in [9.17, 15) is 5.11 Å². The zero-order chi connectivity index (χ0) is 17.2. The number of aromatic nitrogens is 3. The molecule has 3 N–H and O–H groups in total. The lowest BCUT2D eigenvalue weighted by atomic mass is 10.2. The fourth-order valence-electron chi connectivity index (χ4n) is 3.27. The lowest BCUT2D eigenvalue weighted by Gasteiger charge is -2.17. The Kier molecular flexibility index (Phi) is 4.31. The van der Waals surface area contributed by atoms with Crippen molar-refractivity contribution in [2.45, 2.75) is 32.3 Å². The molecule has 0 spiro atoms. The summed E-state index contributed by atoms with van der Waals surface area (Å²) in [5.74, 6) is 2.16. The minimum absolute atomic E-state index is 0.543. The number of aryl methyl sites for hydroxylation is 1. The van der Waals surface area contributed by atoms with E-state index in [1.807, 2.05) is 13.0 Å². The van der Waals surface area contributed by atoms with Gasteiger partial charge in [-0.2, -0.15) is 9.97 Å². The number of aliphatic hydroxyl groups excluding tert-OH is 1. The number of hydrogen-bond acceptors (Lipinski definition) is 6. The highest BCUT2D eigenvalue weighted by Crippen LogP contribution is 2.26. The molecule has 3 aromatic heterocycles. The molecule has 0 amide bonds. The zero-order valence-corrected chi connectivity index (χ0v) is 14.3. The zero-order valence-electron chi connectivity index (χ0n) is 14.3. The number of aliphatic hydroxyl groups is 1. The maximum absolute atomic E-state index is 10.2. The number of fused-ring (bicyclic) bond motifs is 1. The fourth-order valence-corrected chi connectivity index (χ4v) is 3.27. The highest BCUT2D eigenvalue weighted by atomic mass is 16.4. The van der Waals surface area contributed by atoms with Crippen LogP contribution in [0.25, 0.3) is 11.0 Å². The smallest absolute Gasteiger partial charge is 0.229 e. The third-order valence-corrected chi connectivity index (χ3v) is 4.58. The van der Waals surface area contributed by atoms with Crippen LogP contribution < -0.4 is 10.2 Å². The van der Waals surface area contributed by atoms with Crippen LogP contribution in [0.2, 0.25) is 0 Å². The molecular formula is C18H23N5O2. The molecule has 1 saturated heterocycles. The van der Waals surface area contributed by atoms with Crippen LogP contribution in [0.15, 0.2) is 28.9 Å². The van der Waals surface area contributed by atoms with Crippen LogP contribution in [0.1, 0.15) is 36.8 Å². The first-order valence-electron chi connectivity index (χ1n) is 8.78. The molecule has 1 atom stereocenters. The SMILES string of the molecule is Cc1cc2c(NCCC(O)c3ccco3)nc(N3CCCC3)nc2[nH]1. The van der Waals surface area contributed by atoms with Gasteiger partial charge in [0.2, 0.25) is 5.95 Å². The fraction of sp³-hybridized carbons (Fsp3) is 0.444. The third kappa shape index (κ3) is 3.32. The molecule has 1 aliphatic rings. The van der Waals surface area contributed by atoms with Gasteiger partial charge in [-0.1, -0.05) is 0 Å². The molecule has 1 unspecified atom stereocenters. The number of anilines is 2. The number of hydrogen-bond donors (Lipinski definition) is 3. The van der Waals surface area contributed by atoms with Crippen molar-refractivity contribution in [3.05, 3.63) is 35.9 Å². The van der Waals surface area contributed by atoms with Gasteiger partial charge in [-0.15, -0.1) is 0 Å². The molecule has 7 heteroatoms. The van der Waals surface area contributed by atoms with Gasteiger partial charge in [-0.3, -0.25) is 0 Å². The second-order valence-corrected chi connectivity index (χ2v) is 6.53. The summed E-state index contributed by atoms with van der Waals surface area (Å²) < 4.78 is 5.24. The van der Waals surface area contributed by atoms with Crippen molar-refractivity contribution in [1.82, 2.24) is 15.0 Å². The standard InChI is InChI=1S/C18H23N5O2/c1-12-11-13-16(19-7-6-14(24)15-5-4-10-25-15)21-18(22-17(13)20-12)23-8-2-3-9-23/h4-5,10-11,14,24H,2-3,6-9H2,1H3,(H2,19,20,21,22). The Labute approximate surface area is 146 Å². The predicted molar refractivity (Wildman–Crippen MR) is 96.8 cm³/mol. The van der Waals surface area contributed by atoms with E-state index in [1.54, 1.807) is 18.4 Å². The highest BCUT2D eigenvalue weighted by molar-refractivity contribution is 5.89. The van der Waals surface area contributed by atoms with Gasteiger partial charge in [0.25, 0.3) is 0 Å². The molecule has 4 rings (SSSR count). The summed E-state index contributed by atoms with van der Waals surface area (Å²) in [4.78, 5) is 14.9. The second-order valence-electron chi connectivity index (χ2n) is 6.53. The van der Waals surface area contributed by atoms with Gasteiger partial charge < -0.3 is 24.7 Å². The van der Waals surface area contributed by atoms with Gasteiger partial charge in [0.05, 0.1) is 11.6 Å². The number of aromatic amines is 1. The molecular weight excluding hydrogens is 318 g/mol. The average molecular weight is 341 g/mol. The molecule has 7 nitrogen and oxygen atoms in total. The van der Waals surface area contributed by atoms with Crippen molar-refractivity contribution in [2.75, 3.05) is 29.9 Å². The molecule has 0 saturated carbocycles. The normalized spacial score (nSPS) is 15.8. The summed E-state index contributed by atoms with van der Waals surface area (Å²) in [5, 5.41) is 14.5. The molecule has 0 radical (unpaired) electrons. The van der Waals surface area contributed by atoms with Crippen LogP contribution in [0.4, 0.5) is 11.8 Å². The summed E-state index contributed by atoms with van der Waals surface area (Å²) in [7, 11) is 0. The number of nitrogens with zero attached hydrogens (tertiary/aromatic N) is 3. The summed E-state index contributed by atoms with van der Waals surface area (Å²) in [6.45, 7) is 4.61. The first-order chi connectivity index (χ1) is 12.2. The summed E-state index contributed by atoms with van der Waals surface area (Å²) in [6.07, 6.45) is 3.87. The van der Waals surface area contributed by atoms with Crippen molar-refractivity contribution in [3.63, 3.8) is 0 Å². The Balaban J connectivity index is 1.52. The van der Waals surface area contributed by atoms with Crippen molar-refractivity contribution < 1.29 is 9.52 Å². The monoisotopic (exact) mass is 341 g/mol. The van der Waals surface area contributed by atoms with E-state index in [-0.39, 0.29) is 0 Å². The van der Waals surface area contributed by atoms with Gasteiger partial charge in [-0.05, 0) is 44.4 Å². The lowest BCUT2D eigenvalue weighted by molar-refractivity contribution is 0.144.